The molecule has 0 saturated heterocycles. The van der Waals surface area contributed by atoms with Gasteiger partial charge in [0, 0.05) is 17.4 Å². The van der Waals surface area contributed by atoms with Crippen molar-refractivity contribution in [3.8, 4) is 0 Å². The molecule has 142 valence electrons. The van der Waals surface area contributed by atoms with E-state index in [1.165, 1.54) is 25.3 Å². The number of halogens is 1. The zero-order valence-corrected chi connectivity index (χ0v) is 16.1. The second-order valence-corrected chi connectivity index (χ2v) is 6.42. The number of methoxy groups -OCH3 is 1. The molecule has 7 heteroatoms. The van der Waals surface area contributed by atoms with E-state index in [0.29, 0.717) is 27.7 Å². The van der Waals surface area contributed by atoms with Crippen molar-refractivity contribution in [3.05, 3.63) is 82.5 Å². The van der Waals surface area contributed by atoms with E-state index in [1.54, 1.807) is 18.3 Å². The van der Waals surface area contributed by atoms with Gasteiger partial charge in [-0.2, -0.15) is 0 Å². The number of pyridine rings is 1. The lowest BCUT2D eigenvalue weighted by Crippen LogP contribution is -2.13. The molecule has 2 N–H and O–H groups in total. The smallest absolute Gasteiger partial charge is 0.337 e. The van der Waals surface area contributed by atoms with Crippen LogP contribution >= 0.6 is 11.6 Å². The maximum Gasteiger partial charge on any atom is 0.337 e. The van der Waals surface area contributed by atoms with E-state index < -0.39 is 5.97 Å². The van der Waals surface area contributed by atoms with Crippen LogP contribution in [0.15, 0.2) is 60.8 Å². The second kappa shape index (κ2) is 8.54. The number of anilines is 3. The highest BCUT2D eigenvalue weighted by Gasteiger charge is 2.13. The van der Waals surface area contributed by atoms with Crippen molar-refractivity contribution in [2.75, 3.05) is 17.7 Å². The molecule has 1 heterocycles. The van der Waals surface area contributed by atoms with Crippen LogP contribution in [0.4, 0.5) is 17.2 Å². The number of amides is 1. The summed E-state index contributed by atoms with van der Waals surface area (Å²) in [4.78, 5) is 28.6. The van der Waals surface area contributed by atoms with Gasteiger partial charge in [0.1, 0.15) is 5.82 Å². The molecule has 0 aliphatic heterocycles. The van der Waals surface area contributed by atoms with E-state index in [2.05, 4.69) is 15.6 Å². The first-order chi connectivity index (χ1) is 13.5. The van der Waals surface area contributed by atoms with Crippen molar-refractivity contribution in [2.24, 2.45) is 0 Å². The summed E-state index contributed by atoms with van der Waals surface area (Å²) in [5, 5.41) is 6.22. The number of carbonyl (C=O) groups excluding carboxylic acids is 2. The van der Waals surface area contributed by atoms with Crippen molar-refractivity contribution >= 4 is 40.7 Å². The van der Waals surface area contributed by atoms with Crippen molar-refractivity contribution in [1.29, 1.82) is 0 Å². The Morgan fingerprint density at radius 2 is 1.79 bits per heavy atom. The van der Waals surface area contributed by atoms with Gasteiger partial charge in [-0.3, -0.25) is 4.79 Å². The summed E-state index contributed by atoms with van der Waals surface area (Å²) in [7, 11) is 1.29. The summed E-state index contributed by atoms with van der Waals surface area (Å²) in [5.41, 5.74) is 2.97. The Kier molecular flexibility index (Phi) is 5.91. The number of hydrogen-bond donors (Lipinski definition) is 2. The van der Waals surface area contributed by atoms with E-state index in [0.717, 1.165) is 11.3 Å². The van der Waals surface area contributed by atoms with E-state index in [1.807, 2.05) is 31.2 Å². The number of nitrogens with one attached hydrogen (secondary N) is 2. The van der Waals surface area contributed by atoms with Gasteiger partial charge in [0.25, 0.3) is 5.91 Å². The van der Waals surface area contributed by atoms with Gasteiger partial charge in [-0.1, -0.05) is 29.8 Å². The average molecular weight is 396 g/mol. The number of ether oxygens (including phenoxy) is 1. The molecule has 0 saturated carbocycles. The average Bonchev–Trinajstić information content (AvgIpc) is 2.71. The van der Waals surface area contributed by atoms with Gasteiger partial charge in [-0.25, -0.2) is 9.78 Å². The van der Waals surface area contributed by atoms with E-state index in [4.69, 9.17) is 16.3 Å². The highest BCUT2D eigenvalue weighted by Crippen LogP contribution is 2.25. The highest BCUT2D eigenvalue weighted by atomic mass is 35.5. The Morgan fingerprint density at radius 1 is 1.00 bits per heavy atom. The monoisotopic (exact) mass is 395 g/mol. The van der Waals surface area contributed by atoms with Gasteiger partial charge in [0.15, 0.2) is 0 Å². The molecule has 0 fully saturated rings. The summed E-state index contributed by atoms with van der Waals surface area (Å²) in [6.45, 7) is 1.98. The standard InChI is InChI=1S/C21H18ClN3O3/c1-13-5-3-4-6-17(13)24-19-12-14(9-10-23-19)20(26)25-18-11-15(21(27)28-2)7-8-16(18)22/h3-12H,1-2H3,(H,23,24)(H,25,26). The number of aromatic nitrogens is 1. The van der Waals surface area contributed by atoms with Crippen molar-refractivity contribution in [1.82, 2.24) is 4.98 Å². The summed E-state index contributed by atoms with van der Waals surface area (Å²) in [6.07, 6.45) is 1.54. The maximum absolute atomic E-state index is 12.6. The second-order valence-electron chi connectivity index (χ2n) is 6.01. The Balaban J connectivity index is 1.80. The molecule has 0 aliphatic rings. The Labute approximate surface area is 167 Å². The third kappa shape index (κ3) is 4.47. The molecule has 0 unspecified atom stereocenters. The van der Waals surface area contributed by atoms with Crippen LogP contribution in [0, 0.1) is 6.92 Å². The van der Waals surface area contributed by atoms with Gasteiger partial charge in [-0.15, -0.1) is 0 Å². The fourth-order valence-corrected chi connectivity index (χ4v) is 2.72. The molecule has 1 aromatic heterocycles. The molecule has 0 spiro atoms. The van der Waals surface area contributed by atoms with Crippen LogP contribution in [0.5, 0.6) is 0 Å². The Morgan fingerprint density at radius 3 is 2.54 bits per heavy atom. The van der Waals surface area contributed by atoms with Crippen LogP contribution in [-0.2, 0) is 4.74 Å². The molecule has 2 aromatic carbocycles. The summed E-state index contributed by atoms with van der Waals surface area (Å²) in [5.74, 6) is -0.351. The molecular weight excluding hydrogens is 378 g/mol. The SMILES string of the molecule is COC(=O)c1ccc(Cl)c(NC(=O)c2ccnc(Nc3ccccc3C)c2)c1. The minimum absolute atomic E-state index is 0.291. The molecule has 0 radical (unpaired) electrons. The predicted octanol–water partition coefficient (Wildman–Crippen LogP) is 4.83. The van der Waals surface area contributed by atoms with Crippen LogP contribution in [0.1, 0.15) is 26.3 Å². The molecule has 0 bridgehead atoms. The number of aryl methyl sites for hydroxylation is 1. The largest absolute Gasteiger partial charge is 0.465 e. The Bertz CT molecular complexity index is 1040. The highest BCUT2D eigenvalue weighted by molar-refractivity contribution is 6.34. The maximum atomic E-state index is 12.6. The van der Waals surface area contributed by atoms with Gasteiger partial charge >= 0.3 is 5.97 Å². The predicted molar refractivity (Wildman–Crippen MR) is 109 cm³/mol. The van der Waals surface area contributed by atoms with E-state index in [-0.39, 0.29) is 5.91 Å². The van der Waals surface area contributed by atoms with Crippen LogP contribution in [0.3, 0.4) is 0 Å². The van der Waals surface area contributed by atoms with Gasteiger partial charge in [0.05, 0.1) is 23.4 Å². The van der Waals surface area contributed by atoms with Crippen molar-refractivity contribution in [3.63, 3.8) is 0 Å². The zero-order valence-electron chi connectivity index (χ0n) is 15.3. The molecule has 0 atom stereocenters. The zero-order chi connectivity index (χ0) is 20.1. The van der Waals surface area contributed by atoms with Crippen LogP contribution < -0.4 is 10.6 Å². The molecule has 1 amide bonds. The number of esters is 1. The third-order valence-electron chi connectivity index (χ3n) is 4.07. The molecule has 28 heavy (non-hydrogen) atoms. The number of carbonyl (C=O) groups is 2. The molecular formula is C21H18ClN3O3. The quantitative estimate of drug-likeness (QED) is 0.605. The number of nitrogens with zero attached hydrogens (tertiary/aromatic N) is 1. The molecule has 3 rings (SSSR count). The van der Waals surface area contributed by atoms with Gasteiger partial charge < -0.3 is 15.4 Å². The first kappa shape index (κ1) is 19.4. The van der Waals surface area contributed by atoms with Crippen LogP contribution in [0.2, 0.25) is 5.02 Å². The van der Waals surface area contributed by atoms with E-state index in [9.17, 15) is 9.59 Å². The molecule has 6 nitrogen and oxygen atoms in total. The first-order valence-corrected chi connectivity index (χ1v) is 8.83. The third-order valence-corrected chi connectivity index (χ3v) is 4.40. The lowest BCUT2D eigenvalue weighted by molar-refractivity contribution is 0.0600. The fraction of sp³-hybridized carbons (Fsp3) is 0.0952. The lowest BCUT2D eigenvalue weighted by atomic mass is 10.1. The number of para-hydroxylation sites is 1. The normalized spacial score (nSPS) is 10.2. The Hall–Kier alpha value is -3.38. The van der Waals surface area contributed by atoms with Gasteiger partial charge in [-0.05, 0) is 48.9 Å². The molecule has 0 aliphatic carbocycles. The van der Waals surface area contributed by atoms with Crippen LogP contribution in [0.25, 0.3) is 0 Å². The number of hydrogen-bond acceptors (Lipinski definition) is 5. The lowest BCUT2D eigenvalue weighted by Gasteiger charge is -2.11. The number of rotatable bonds is 5. The summed E-state index contributed by atoms with van der Waals surface area (Å²) >= 11 is 6.14. The summed E-state index contributed by atoms with van der Waals surface area (Å²) < 4.78 is 4.69. The topological polar surface area (TPSA) is 80.3 Å². The van der Waals surface area contributed by atoms with Crippen molar-refractivity contribution in [2.45, 2.75) is 6.92 Å². The van der Waals surface area contributed by atoms with Gasteiger partial charge in [0.2, 0.25) is 0 Å². The van der Waals surface area contributed by atoms with E-state index >= 15 is 0 Å². The fourth-order valence-electron chi connectivity index (χ4n) is 2.55. The first-order valence-electron chi connectivity index (χ1n) is 8.46. The minimum atomic E-state index is -0.513. The number of benzene rings is 2. The van der Waals surface area contributed by atoms with Crippen LogP contribution in [-0.4, -0.2) is 24.0 Å². The summed E-state index contributed by atoms with van der Waals surface area (Å²) in [6, 6.07) is 15.5. The molecule has 3 aromatic rings. The van der Waals surface area contributed by atoms with Crippen molar-refractivity contribution < 1.29 is 14.3 Å². The minimum Gasteiger partial charge on any atom is -0.465 e.